The number of carbonyl (C=O) groups excluding carboxylic acids is 3. The maximum Gasteiger partial charge on any atom is 0.318 e. The fourth-order valence-electron chi connectivity index (χ4n) is 1.55. The molecule has 0 aromatic heterocycles. The van der Waals surface area contributed by atoms with Crippen LogP contribution in [0.4, 0.5) is 10.5 Å². The molecule has 8 heteroatoms. The second kappa shape index (κ2) is 8.54. The van der Waals surface area contributed by atoms with Crippen LogP contribution >= 0.6 is 0 Å². The fraction of sp³-hybridized carbons (Fsp3) is 0.308. The zero-order valence-corrected chi connectivity index (χ0v) is 11.6. The highest BCUT2D eigenvalue weighted by Gasteiger charge is 2.11. The lowest BCUT2D eigenvalue weighted by Gasteiger charge is -2.11. The molecule has 21 heavy (non-hydrogen) atoms. The summed E-state index contributed by atoms with van der Waals surface area (Å²) < 4.78 is 4.85. The van der Waals surface area contributed by atoms with Gasteiger partial charge in [0.05, 0.1) is 18.7 Å². The third-order valence-electron chi connectivity index (χ3n) is 2.47. The van der Waals surface area contributed by atoms with Gasteiger partial charge in [-0.3, -0.25) is 14.9 Å². The van der Waals surface area contributed by atoms with Crippen molar-refractivity contribution >= 4 is 23.5 Å². The number of imide groups is 1. The van der Waals surface area contributed by atoms with E-state index >= 15 is 0 Å². The first kappa shape index (κ1) is 16.4. The van der Waals surface area contributed by atoms with Crippen LogP contribution in [0.15, 0.2) is 24.3 Å². The van der Waals surface area contributed by atoms with E-state index in [2.05, 4.69) is 10.6 Å². The number of methoxy groups -OCH3 is 1. The van der Waals surface area contributed by atoms with Crippen LogP contribution in [0.3, 0.4) is 0 Å². The summed E-state index contributed by atoms with van der Waals surface area (Å²) in [5.74, 6) is -0.873. The molecule has 0 aliphatic carbocycles. The van der Waals surface area contributed by atoms with Gasteiger partial charge in [-0.2, -0.15) is 0 Å². The summed E-state index contributed by atoms with van der Waals surface area (Å²) in [6.07, 6.45) is 0. The molecule has 0 saturated heterocycles. The molecule has 1 aromatic rings. The van der Waals surface area contributed by atoms with Gasteiger partial charge in [-0.05, 0) is 12.1 Å². The molecule has 114 valence electrons. The minimum atomic E-state index is -0.924. The smallest absolute Gasteiger partial charge is 0.318 e. The predicted molar refractivity (Wildman–Crippen MR) is 76.9 cm³/mol. The molecular weight excluding hydrogens is 276 g/mol. The zero-order chi connectivity index (χ0) is 15.7. The molecule has 0 atom stereocenters. The SMILES string of the molecule is COCCNC(=O)c1ccccc1NCC(=O)NC(N)=O. The number of hydrogen-bond acceptors (Lipinski definition) is 5. The largest absolute Gasteiger partial charge is 0.383 e. The number of amides is 4. The van der Waals surface area contributed by atoms with Crippen LogP contribution in [0.1, 0.15) is 10.4 Å². The van der Waals surface area contributed by atoms with E-state index < -0.39 is 11.9 Å². The van der Waals surface area contributed by atoms with Crippen molar-refractivity contribution in [2.75, 3.05) is 32.1 Å². The number of hydrogen-bond donors (Lipinski definition) is 4. The van der Waals surface area contributed by atoms with Crippen LogP contribution < -0.4 is 21.7 Å². The second-order valence-electron chi connectivity index (χ2n) is 4.06. The molecule has 8 nitrogen and oxygen atoms in total. The summed E-state index contributed by atoms with van der Waals surface area (Å²) in [4.78, 5) is 33.8. The number of nitrogens with two attached hydrogens (primary N) is 1. The van der Waals surface area contributed by atoms with Crippen LogP contribution in [0.25, 0.3) is 0 Å². The first-order valence-electron chi connectivity index (χ1n) is 6.24. The van der Waals surface area contributed by atoms with Gasteiger partial charge < -0.3 is 21.1 Å². The Morgan fingerprint density at radius 3 is 2.62 bits per heavy atom. The molecule has 0 aliphatic heterocycles. The number of benzene rings is 1. The molecule has 0 bridgehead atoms. The van der Waals surface area contributed by atoms with E-state index in [1.54, 1.807) is 31.4 Å². The molecule has 5 N–H and O–H groups in total. The standard InChI is InChI=1S/C13H18N4O4/c1-21-7-6-15-12(19)9-4-2-3-5-10(9)16-8-11(18)17-13(14)20/h2-5,16H,6-8H2,1H3,(H,15,19)(H3,14,17,18,20). The summed E-state index contributed by atoms with van der Waals surface area (Å²) in [6.45, 7) is 0.611. The van der Waals surface area contributed by atoms with E-state index in [4.69, 9.17) is 10.5 Å². The van der Waals surface area contributed by atoms with Crippen molar-refractivity contribution in [3.63, 3.8) is 0 Å². The lowest BCUT2D eigenvalue weighted by molar-refractivity contribution is -0.118. The van der Waals surface area contributed by atoms with Gasteiger partial charge >= 0.3 is 6.03 Å². The number of nitrogens with one attached hydrogen (secondary N) is 3. The third-order valence-corrected chi connectivity index (χ3v) is 2.47. The Bertz CT molecular complexity index is 519. The Kier molecular flexibility index (Phi) is 6.69. The van der Waals surface area contributed by atoms with Gasteiger partial charge in [0, 0.05) is 19.3 Å². The number of carbonyl (C=O) groups is 3. The van der Waals surface area contributed by atoms with Crippen molar-refractivity contribution in [2.24, 2.45) is 5.73 Å². The normalized spacial score (nSPS) is 9.76. The lowest BCUT2D eigenvalue weighted by atomic mass is 10.1. The lowest BCUT2D eigenvalue weighted by Crippen LogP contribution is -2.38. The maximum atomic E-state index is 12.0. The maximum absolute atomic E-state index is 12.0. The highest BCUT2D eigenvalue weighted by molar-refractivity contribution is 6.00. The predicted octanol–water partition coefficient (Wildman–Crippen LogP) is -0.330. The van der Waals surface area contributed by atoms with Crippen molar-refractivity contribution in [2.45, 2.75) is 0 Å². The van der Waals surface area contributed by atoms with E-state index in [1.807, 2.05) is 5.32 Å². The van der Waals surface area contributed by atoms with Crippen molar-refractivity contribution in [1.82, 2.24) is 10.6 Å². The Balaban J connectivity index is 2.64. The quantitative estimate of drug-likeness (QED) is 0.513. The van der Waals surface area contributed by atoms with Gasteiger partial charge in [-0.15, -0.1) is 0 Å². The van der Waals surface area contributed by atoms with Gasteiger partial charge in [0.15, 0.2) is 0 Å². The number of rotatable bonds is 7. The van der Waals surface area contributed by atoms with E-state index in [9.17, 15) is 14.4 Å². The van der Waals surface area contributed by atoms with Crippen LogP contribution in [0.5, 0.6) is 0 Å². The molecule has 0 spiro atoms. The molecule has 0 unspecified atom stereocenters. The summed E-state index contributed by atoms with van der Waals surface area (Å²) in [5.41, 5.74) is 5.70. The molecule has 0 saturated carbocycles. The van der Waals surface area contributed by atoms with E-state index in [0.717, 1.165) is 0 Å². The van der Waals surface area contributed by atoms with Gasteiger partial charge in [0.1, 0.15) is 0 Å². The van der Waals surface area contributed by atoms with Crippen LogP contribution in [-0.4, -0.2) is 44.7 Å². The molecular formula is C13H18N4O4. The van der Waals surface area contributed by atoms with E-state index in [0.29, 0.717) is 24.4 Å². The molecule has 1 rings (SSSR count). The fourth-order valence-corrected chi connectivity index (χ4v) is 1.55. The summed E-state index contributed by atoms with van der Waals surface area (Å²) >= 11 is 0. The van der Waals surface area contributed by atoms with Gasteiger partial charge in [-0.25, -0.2) is 4.79 Å². The summed E-state index contributed by atoms with van der Waals surface area (Å²) in [6, 6.07) is 5.78. The van der Waals surface area contributed by atoms with E-state index in [1.165, 1.54) is 0 Å². The zero-order valence-electron chi connectivity index (χ0n) is 11.6. The molecule has 0 heterocycles. The monoisotopic (exact) mass is 294 g/mol. The number of anilines is 1. The van der Waals surface area contributed by atoms with Crippen molar-refractivity contribution < 1.29 is 19.1 Å². The Labute approximate surface area is 122 Å². The van der Waals surface area contributed by atoms with Crippen LogP contribution in [0, 0.1) is 0 Å². The summed E-state index contributed by atoms with van der Waals surface area (Å²) in [7, 11) is 1.54. The first-order chi connectivity index (χ1) is 10.0. The van der Waals surface area contributed by atoms with Gasteiger partial charge in [0.25, 0.3) is 5.91 Å². The number of ether oxygens (including phenoxy) is 1. The van der Waals surface area contributed by atoms with E-state index in [-0.39, 0.29) is 12.5 Å². The highest BCUT2D eigenvalue weighted by Crippen LogP contribution is 2.14. The molecule has 4 amide bonds. The topological polar surface area (TPSA) is 123 Å². The third kappa shape index (κ3) is 5.91. The average molecular weight is 294 g/mol. The first-order valence-corrected chi connectivity index (χ1v) is 6.24. The van der Waals surface area contributed by atoms with Crippen molar-refractivity contribution in [3.8, 4) is 0 Å². The van der Waals surface area contributed by atoms with Gasteiger partial charge in [0.2, 0.25) is 5.91 Å². The average Bonchev–Trinajstić information content (AvgIpc) is 2.45. The highest BCUT2D eigenvalue weighted by atomic mass is 16.5. The molecule has 0 radical (unpaired) electrons. The second-order valence-corrected chi connectivity index (χ2v) is 4.06. The van der Waals surface area contributed by atoms with Crippen molar-refractivity contribution in [1.29, 1.82) is 0 Å². The molecule has 1 aromatic carbocycles. The van der Waals surface area contributed by atoms with Crippen LogP contribution in [-0.2, 0) is 9.53 Å². The van der Waals surface area contributed by atoms with Gasteiger partial charge in [-0.1, -0.05) is 12.1 Å². The minimum Gasteiger partial charge on any atom is -0.383 e. The Hall–Kier alpha value is -2.61. The summed E-state index contributed by atoms with van der Waals surface area (Å²) in [5, 5.41) is 7.38. The Morgan fingerprint density at radius 1 is 1.24 bits per heavy atom. The number of primary amides is 1. The van der Waals surface area contributed by atoms with Crippen LogP contribution in [0.2, 0.25) is 0 Å². The number of urea groups is 1. The Morgan fingerprint density at radius 2 is 1.95 bits per heavy atom. The molecule has 0 fully saturated rings. The number of para-hydroxylation sites is 1. The minimum absolute atomic E-state index is 0.175. The molecule has 0 aliphatic rings. The van der Waals surface area contributed by atoms with Crippen molar-refractivity contribution in [3.05, 3.63) is 29.8 Å².